The summed E-state index contributed by atoms with van der Waals surface area (Å²) in [4.78, 5) is 19.0. The van der Waals surface area contributed by atoms with Crippen LogP contribution < -0.4 is 4.74 Å². The molecule has 28 heavy (non-hydrogen) atoms. The second-order valence-corrected chi connectivity index (χ2v) is 10.3. The number of aryl methyl sites for hydroxylation is 1. The van der Waals surface area contributed by atoms with Gasteiger partial charge in [0, 0.05) is 28.7 Å². The van der Waals surface area contributed by atoms with Crippen molar-refractivity contribution < 1.29 is 17.9 Å². The highest BCUT2D eigenvalue weighted by molar-refractivity contribution is 7.91. The highest BCUT2D eigenvalue weighted by atomic mass is 32.2. The molecule has 8 heteroatoms. The molecule has 1 aliphatic rings. The summed E-state index contributed by atoms with van der Waals surface area (Å²) in [7, 11) is -3.05. The number of carbonyl (C=O) groups is 1. The van der Waals surface area contributed by atoms with Crippen molar-refractivity contribution in [1.82, 2.24) is 9.88 Å². The first kappa shape index (κ1) is 20.8. The normalized spacial score (nSPS) is 19.3. The van der Waals surface area contributed by atoms with Crippen LogP contribution in [0.2, 0.25) is 0 Å². The smallest absolute Gasteiger partial charge is 0.261 e. The number of hydrogen-bond acceptors (Lipinski definition) is 6. The van der Waals surface area contributed by atoms with Gasteiger partial charge in [0.1, 0.15) is 10.8 Å². The molecule has 2 atom stereocenters. The molecule has 1 aromatic heterocycles. The molecule has 0 radical (unpaired) electrons. The minimum Gasteiger partial charge on any atom is -0.484 e. The number of hydrogen-bond donors (Lipinski definition) is 0. The fourth-order valence-corrected chi connectivity index (χ4v) is 5.92. The summed E-state index contributed by atoms with van der Waals surface area (Å²) in [5.41, 5.74) is 2.00. The Kier molecular flexibility index (Phi) is 6.40. The minimum absolute atomic E-state index is 0.0232. The third-order valence-corrected chi connectivity index (χ3v) is 7.80. The van der Waals surface area contributed by atoms with Crippen molar-refractivity contribution in [1.29, 1.82) is 0 Å². The Bertz CT molecular complexity index is 922. The molecule has 0 aliphatic carbocycles. The van der Waals surface area contributed by atoms with E-state index in [1.165, 1.54) is 0 Å². The van der Waals surface area contributed by atoms with E-state index >= 15 is 0 Å². The van der Waals surface area contributed by atoms with Crippen LogP contribution in [0.3, 0.4) is 0 Å². The first-order valence-electron chi connectivity index (χ1n) is 9.46. The third kappa shape index (κ3) is 4.91. The Morgan fingerprint density at radius 1 is 1.36 bits per heavy atom. The molecule has 0 unspecified atom stereocenters. The average molecular weight is 423 g/mol. The summed E-state index contributed by atoms with van der Waals surface area (Å²) in [5, 5.41) is 2.95. The van der Waals surface area contributed by atoms with Crippen LogP contribution >= 0.6 is 11.3 Å². The molecule has 1 fully saturated rings. The van der Waals surface area contributed by atoms with E-state index in [9.17, 15) is 13.2 Å². The molecule has 0 saturated carbocycles. The Balaban J connectivity index is 1.64. The lowest BCUT2D eigenvalue weighted by atomic mass is 10.1. The van der Waals surface area contributed by atoms with Crippen LogP contribution in [-0.4, -0.2) is 54.4 Å². The topological polar surface area (TPSA) is 76.6 Å². The summed E-state index contributed by atoms with van der Waals surface area (Å²) in [6, 6.07) is 7.22. The monoisotopic (exact) mass is 422 g/mol. The second kappa shape index (κ2) is 8.61. The van der Waals surface area contributed by atoms with Crippen molar-refractivity contribution in [3.63, 3.8) is 0 Å². The SMILES string of the molecule is CC[C@@H](C)N(C(=O)COc1ccc(-c2nc(C)cs2)cc1)[C@@H]1CCS(=O)(=O)C1. The Morgan fingerprint density at radius 2 is 2.07 bits per heavy atom. The zero-order valence-corrected chi connectivity index (χ0v) is 18.1. The maximum Gasteiger partial charge on any atom is 0.261 e. The van der Waals surface area contributed by atoms with Crippen LogP contribution in [0.25, 0.3) is 10.6 Å². The molecule has 1 aromatic carbocycles. The number of ether oxygens (including phenoxy) is 1. The molecule has 2 heterocycles. The van der Waals surface area contributed by atoms with E-state index in [4.69, 9.17) is 4.74 Å². The van der Waals surface area contributed by atoms with Crippen molar-refractivity contribution in [2.45, 2.75) is 45.7 Å². The second-order valence-electron chi connectivity index (χ2n) is 7.22. The summed E-state index contributed by atoms with van der Waals surface area (Å²) >= 11 is 1.59. The van der Waals surface area contributed by atoms with Crippen LogP contribution in [0.5, 0.6) is 5.75 Å². The number of carbonyl (C=O) groups excluding carboxylic acids is 1. The lowest BCUT2D eigenvalue weighted by Crippen LogP contribution is -2.48. The fourth-order valence-electron chi connectivity index (χ4n) is 3.40. The molecule has 3 rings (SSSR count). The summed E-state index contributed by atoms with van der Waals surface area (Å²) in [6.45, 7) is 5.81. The summed E-state index contributed by atoms with van der Waals surface area (Å²) < 4.78 is 29.4. The van der Waals surface area contributed by atoms with E-state index in [0.717, 1.165) is 22.7 Å². The number of aromatic nitrogens is 1. The number of nitrogens with zero attached hydrogens (tertiary/aromatic N) is 2. The van der Waals surface area contributed by atoms with Gasteiger partial charge in [0.15, 0.2) is 16.4 Å². The van der Waals surface area contributed by atoms with E-state index in [1.54, 1.807) is 16.2 Å². The van der Waals surface area contributed by atoms with Gasteiger partial charge in [-0.25, -0.2) is 13.4 Å². The third-order valence-electron chi connectivity index (χ3n) is 5.04. The van der Waals surface area contributed by atoms with Gasteiger partial charge in [-0.15, -0.1) is 11.3 Å². The molecule has 0 bridgehead atoms. The Hall–Kier alpha value is -1.93. The Labute approximate surface area is 170 Å². The average Bonchev–Trinajstić information content (AvgIpc) is 3.25. The van der Waals surface area contributed by atoms with Gasteiger partial charge in [0.05, 0.1) is 11.5 Å². The van der Waals surface area contributed by atoms with E-state index in [2.05, 4.69) is 4.98 Å². The van der Waals surface area contributed by atoms with Crippen molar-refractivity contribution in [2.75, 3.05) is 18.1 Å². The number of thiazole rings is 1. The van der Waals surface area contributed by atoms with Gasteiger partial charge in [-0.05, 0) is 51.0 Å². The first-order chi connectivity index (χ1) is 13.3. The van der Waals surface area contributed by atoms with Gasteiger partial charge < -0.3 is 9.64 Å². The lowest BCUT2D eigenvalue weighted by Gasteiger charge is -2.33. The van der Waals surface area contributed by atoms with Gasteiger partial charge >= 0.3 is 0 Å². The van der Waals surface area contributed by atoms with Crippen molar-refractivity contribution in [3.8, 4) is 16.3 Å². The quantitative estimate of drug-likeness (QED) is 0.684. The van der Waals surface area contributed by atoms with Crippen LogP contribution in [0.15, 0.2) is 29.6 Å². The van der Waals surface area contributed by atoms with E-state index < -0.39 is 9.84 Å². The largest absolute Gasteiger partial charge is 0.484 e. The molecular formula is C20H26N2O4S2. The van der Waals surface area contributed by atoms with Crippen molar-refractivity contribution >= 4 is 27.1 Å². The molecule has 152 valence electrons. The lowest BCUT2D eigenvalue weighted by molar-refractivity contribution is -0.137. The number of rotatable bonds is 7. The van der Waals surface area contributed by atoms with Crippen LogP contribution in [0.4, 0.5) is 0 Å². The first-order valence-corrected chi connectivity index (χ1v) is 12.2. The summed E-state index contributed by atoms with van der Waals surface area (Å²) in [5.74, 6) is 0.631. The zero-order chi connectivity index (χ0) is 20.3. The number of amides is 1. The van der Waals surface area contributed by atoms with E-state index in [-0.39, 0.29) is 36.1 Å². The van der Waals surface area contributed by atoms with Crippen molar-refractivity contribution in [2.24, 2.45) is 0 Å². The van der Waals surface area contributed by atoms with Gasteiger partial charge in [-0.2, -0.15) is 0 Å². The number of sulfone groups is 1. The molecule has 0 N–H and O–H groups in total. The molecule has 1 saturated heterocycles. The number of benzene rings is 1. The molecule has 2 aromatic rings. The van der Waals surface area contributed by atoms with Gasteiger partial charge in [-0.3, -0.25) is 4.79 Å². The molecule has 1 aliphatic heterocycles. The standard InChI is InChI=1S/C20H26N2O4S2/c1-4-15(3)22(17-9-10-28(24,25)13-17)19(23)11-26-18-7-5-16(6-8-18)20-21-14(2)12-27-20/h5-8,12,15,17H,4,9-11,13H2,1-3H3/t15-,17-/m1/s1. The molecule has 1 amide bonds. The van der Waals surface area contributed by atoms with Gasteiger partial charge in [0.25, 0.3) is 5.91 Å². The van der Waals surface area contributed by atoms with Gasteiger partial charge in [-0.1, -0.05) is 6.92 Å². The van der Waals surface area contributed by atoms with Crippen LogP contribution in [0.1, 0.15) is 32.4 Å². The predicted octanol–water partition coefficient (Wildman–Crippen LogP) is 3.31. The highest BCUT2D eigenvalue weighted by Gasteiger charge is 2.36. The van der Waals surface area contributed by atoms with Crippen molar-refractivity contribution in [3.05, 3.63) is 35.3 Å². The Morgan fingerprint density at radius 3 is 2.61 bits per heavy atom. The predicted molar refractivity (Wildman–Crippen MR) is 111 cm³/mol. The van der Waals surface area contributed by atoms with E-state index in [0.29, 0.717) is 12.2 Å². The van der Waals surface area contributed by atoms with Gasteiger partial charge in [0.2, 0.25) is 0 Å². The summed E-state index contributed by atoms with van der Waals surface area (Å²) in [6.07, 6.45) is 1.27. The van der Waals surface area contributed by atoms with E-state index in [1.807, 2.05) is 50.4 Å². The highest BCUT2D eigenvalue weighted by Crippen LogP contribution is 2.26. The molecular weight excluding hydrogens is 396 g/mol. The zero-order valence-electron chi connectivity index (χ0n) is 16.4. The maximum atomic E-state index is 12.8. The maximum absolute atomic E-state index is 12.8. The fraction of sp³-hybridized carbons (Fsp3) is 0.500. The molecule has 6 nitrogen and oxygen atoms in total. The van der Waals surface area contributed by atoms with Crippen LogP contribution in [-0.2, 0) is 14.6 Å². The minimum atomic E-state index is -3.05. The molecule has 0 spiro atoms. The van der Waals surface area contributed by atoms with Crippen LogP contribution in [0, 0.1) is 6.92 Å².